The van der Waals surface area contributed by atoms with E-state index < -0.39 is 84.9 Å². The van der Waals surface area contributed by atoms with Crippen LogP contribution >= 0.6 is 15.9 Å². The van der Waals surface area contributed by atoms with Gasteiger partial charge in [-0.2, -0.15) is 0 Å². The number of ketones is 1. The summed E-state index contributed by atoms with van der Waals surface area (Å²) in [4.78, 5) is 64.7. The highest BCUT2D eigenvalue weighted by molar-refractivity contribution is 9.10. The number of esters is 5. The molecule has 0 aliphatic rings. The standard InChI is InChI=1S/C13H14O5S.C11H12O4S.C10H9BrO4S.C10H9FO4S.C5H8O4S/c1-10(14)9-11-3-5-12(6-4-11)19(16,17)8-7-13(15)18-2;1-2-15-11(12)8-9-16(13,14)10-6-4-3-5-7-10;2*1-15-10(12)6-7-16(13,14)9-4-2-8(11)3-5-9;1-9-5(6)3-4-10(2,7)8/h3-8H,9H2,1-2H3;3-9H,2H2,1H3;2*2-7H,1H3;3-4H,1-2H3/b8-7+;9-8+;7-6+;7-6-;4-3+. The van der Waals surface area contributed by atoms with Crippen molar-refractivity contribution in [3.63, 3.8) is 0 Å². The maximum atomic E-state index is 12.6. The van der Waals surface area contributed by atoms with Crippen molar-refractivity contribution in [2.45, 2.75) is 39.9 Å². The molecule has 0 unspecified atom stereocenters. The average Bonchev–Trinajstić information content (AvgIpc) is 3.38. The molecule has 0 saturated heterocycles. The minimum absolute atomic E-state index is 0.00111. The Bertz CT molecular complexity index is 3260. The largest absolute Gasteiger partial charge is 0.466 e. The summed E-state index contributed by atoms with van der Waals surface area (Å²) in [6.45, 7) is 3.33. The van der Waals surface area contributed by atoms with Crippen molar-refractivity contribution in [2.75, 3.05) is 41.3 Å². The van der Waals surface area contributed by atoms with Crippen LogP contribution in [0.25, 0.3) is 0 Å². The van der Waals surface area contributed by atoms with Crippen LogP contribution in [0.15, 0.2) is 185 Å². The summed E-state index contributed by atoms with van der Waals surface area (Å²) in [5.41, 5.74) is 0.739. The van der Waals surface area contributed by atoms with Gasteiger partial charge in [-0.15, -0.1) is 0 Å². The van der Waals surface area contributed by atoms with Gasteiger partial charge in [0.1, 0.15) is 11.6 Å². The van der Waals surface area contributed by atoms with E-state index in [1.807, 2.05) is 0 Å². The normalized spacial score (nSPS) is 11.6. The van der Waals surface area contributed by atoms with Gasteiger partial charge in [0.15, 0.2) is 49.2 Å². The third kappa shape index (κ3) is 30.8. The lowest BCUT2D eigenvalue weighted by Gasteiger charge is -2.01. The number of sulfone groups is 5. The van der Waals surface area contributed by atoms with Crippen LogP contribution in [0.3, 0.4) is 0 Å². The summed E-state index contributed by atoms with van der Waals surface area (Å²) in [6, 6.07) is 24.2. The highest BCUT2D eigenvalue weighted by atomic mass is 79.9. The molecular weight excluding hydrogens is 1180 g/mol. The molecule has 28 heteroatoms. The van der Waals surface area contributed by atoms with E-state index in [1.54, 1.807) is 49.4 Å². The zero-order valence-corrected chi connectivity index (χ0v) is 47.5. The minimum Gasteiger partial charge on any atom is -0.466 e. The third-order valence-electron chi connectivity index (χ3n) is 8.14. The number of hydrogen-bond donors (Lipinski definition) is 0. The first-order valence-corrected chi connectivity index (χ1v) is 29.9. The van der Waals surface area contributed by atoms with Gasteiger partial charge in [-0.3, -0.25) is 4.79 Å². The number of carbonyl (C=O) groups is 6. The fraction of sp³-hybridized carbons (Fsp3) is 0.184. The molecule has 0 aromatic heterocycles. The maximum absolute atomic E-state index is 12.6. The quantitative estimate of drug-likeness (QED) is 0.0527. The molecule has 4 aromatic rings. The first-order chi connectivity index (χ1) is 35.8. The van der Waals surface area contributed by atoms with Crippen molar-refractivity contribution in [2.24, 2.45) is 0 Å². The van der Waals surface area contributed by atoms with E-state index in [4.69, 9.17) is 0 Å². The van der Waals surface area contributed by atoms with E-state index in [0.29, 0.717) is 5.41 Å². The minimum atomic E-state index is -3.73. The lowest BCUT2D eigenvalue weighted by atomic mass is 10.1. The molecule has 0 N–H and O–H groups in total. The van der Waals surface area contributed by atoms with E-state index in [1.165, 1.54) is 57.5 Å². The van der Waals surface area contributed by atoms with Crippen LogP contribution in [0.4, 0.5) is 4.39 Å². The summed E-state index contributed by atoms with van der Waals surface area (Å²) in [6.07, 6.45) is 5.53. The van der Waals surface area contributed by atoms with Gasteiger partial charge in [-0.1, -0.05) is 46.3 Å². The Morgan fingerprint density at radius 2 is 0.753 bits per heavy atom. The van der Waals surface area contributed by atoms with Crippen molar-refractivity contribution in [3.05, 3.63) is 176 Å². The molecule has 4 rings (SSSR count). The van der Waals surface area contributed by atoms with Crippen LogP contribution in [-0.2, 0) is 108 Å². The van der Waals surface area contributed by atoms with Crippen molar-refractivity contribution in [1.82, 2.24) is 0 Å². The van der Waals surface area contributed by atoms with Crippen molar-refractivity contribution < 1.29 is 98.9 Å². The summed E-state index contributed by atoms with van der Waals surface area (Å²) in [5, 5.41) is 3.96. The lowest BCUT2D eigenvalue weighted by molar-refractivity contribution is -0.137. The molecule has 0 spiro atoms. The van der Waals surface area contributed by atoms with Crippen molar-refractivity contribution in [3.8, 4) is 0 Å². The third-order valence-corrected chi connectivity index (χ3v) is 15.0. The van der Waals surface area contributed by atoms with Crippen LogP contribution in [0.1, 0.15) is 19.4 Å². The predicted octanol–water partition coefficient (Wildman–Crippen LogP) is 5.73. The highest BCUT2D eigenvalue weighted by Crippen LogP contribution is 2.18. The number of methoxy groups -OCH3 is 4. The summed E-state index contributed by atoms with van der Waals surface area (Å²) in [7, 11) is -13.1. The zero-order chi connectivity index (χ0) is 59.0. The molecule has 0 aliphatic heterocycles. The van der Waals surface area contributed by atoms with Crippen LogP contribution in [-0.4, -0.2) is 119 Å². The van der Waals surface area contributed by atoms with Gasteiger partial charge < -0.3 is 23.7 Å². The van der Waals surface area contributed by atoms with E-state index in [9.17, 15) is 75.2 Å². The Labute approximate surface area is 454 Å². The number of Topliss-reactive ketones (excluding diaryl/α,β-unsaturated/α-hetero) is 1. The Kier molecular flexibility index (Phi) is 31.2. The number of ether oxygens (including phenoxy) is 5. The molecule has 77 heavy (non-hydrogen) atoms. The fourth-order valence-electron chi connectivity index (χ4n) is 4.48. The van der Waals surface area contributed by atoms with E-state index >= 15 is 0 Å². The second kappa shape index (κ2) is 34.4. The van der Waals surface area contributed by atoms with Gasteiger partial charge in [0.25, 0.3) is 0 Å². The van der Waals surface area contributed by atoms with Gasteiger partial charge in [-0.25, -0.2) is 70.5 Å². The Morgan fingerprint density at radius 1 is 0.455 bits per heavy atom. The van der Waals surface area contributed by atoms with Crippen LogP contribution < -0.4 is 0 Å². The van der Waals surface area contributed by atoms with Gasteiger partial charge >= 0.3 is 29.8 Å². The molecular formula is C49H52BrFO21S5. The molecule has 21 nitrogen and oxygen atoms in total. The van der Waals surface area contributed by atoms with Crippen LogP contribution in [0, 0.1) is 5.82 Å². The summed E-state index contributed by atoms with van der Waals surface area (Å²) < 4.78 is 149. The van der Waals surface area contributed by atoms with Crippen molar-refractivity contribution in [1.29, 1.82) is 0 Å². The second-order valence-electron chi connectivity index (χ2n) is 14.1. The molecule has 0 amide bonds. The Balaban J connectivity index is 0.000000949. The van der Waals surface area contributed by atoms with Gasteiger partial charge in [-0.05, 0) is 92.2 Å². The summed E-state index contributed by atoms with van der Waals surface area (Å²) >= 11 is 3.20. The molecule has 0 aliphatic carbocycles. The number of benzene rings is 4. The average molecular weight is 1240 g/mol. The Hall–Kier alpha value is -7.24. The Morgan fingerprint density at radius 3 is 1.06 bits per heavy atom. The topological polar surface area (TPSA) is 319 Å². The number of halogens is 2. The SMILES string of the molecule is CCOC(=O)/C=C/S(=O)(=O)c1ccccc1.COC(=O)/C=C/S(=O)(=O)c1ccc(Br)cc1.COC(=O)/C=C/S(=O)(=O)c1ccc(CC(C)=O)cc1.COC(=O)/C=C/S(C)(=O)=O.COC(=O)/C=C\S(=O)(=O)c1ccc(F)cc1. The van der Waals surface area contributed by atoms with Crippen molar-refractivity contribution >= 4 is 101 Å². The first kappa shape index (κ1) is 69.8. The molecule has 418 valence electrons. The molecule has 0 bridgehead atoms. The fourth-order valence-corrected chi connectivity index (χ4v) is 8.97. The number of carbonyl (C=O) groups excluding carboxylic acids is 6. The first-order valence-electron chi connectivity index (χ1n) is 21.0. The number of hydrogen-bond acceptors (Lipinski definition) is 21. The van der Waals surface area contributed by atoms with Crippen LogP contribution in [0.5, 0.6) is 0 Å². The zero-order valence-electron chi connectivity index (χ0n) is 41.9. The van der Waals surface area contributed by atoms with E-state index in [-0.39, 0.29) is 38.4 Å². The molecule has 0 heterocycles. The van der Waals surface area contributed by atoms with Gasteiger partial charge in [0.05, 0.1) is 54.6 Å². The van der Waals surface area contributed by atoms with E-state index in [2.05, 4.69) is 39.6 Å². The molecule has 0 saturated carbocycles. The van der Waals surface area contributed by atoms with Gasteiger partial charge in [0.2, 0.25) is 0 Å². The lowest BCUT2D eigenvalue weighted by Crippen LogP contribution is -2.02. The predicted molar refractivity (Wildman–Crippen MR) is 282 cm³/mol. The van der Waals surface area contributed by atoms with E-state index in [0.717, 1.165) is 107 Å². The maximum Gasteiger partial charge on any atom is 0.331 e. The molecule has 0 fully saturated rings. The highest BCUT2D eigenvalue weighted by Gasteiger charge is 2.14. The second-order valence-corrected chi connectivity index (χ2v) is 24.3. The van der Waals surface area contributed by atoms with Crippen LogP contribution in [0.2, 0.25) is 0 Å². The monoisotopic (exact) mass is 1230 g/mol. The number of rotatable bonds is 17. The van der Waals surface area contributed by atoms with Gasteiger partial charge in [0, 0.05) is 74.6 Å². The molecule has 0 atom stereocenters. The molecule has 4 aromatic carbocycles. The molecule has 0 radical (unpaired) electrons. The summed E-state index contributed by atoms with van der Waals surface area (Å²) in [5.74, 6) is -4.09. The smallest absolute Gasteiger partial charge is 0.331 e.